The van der Waals surface area contributed by atoms with Crippen molar-refractivity contribution in [1.29, 1.82) is 0 Å². The van der Waals surface area contributed by atoms with Crippen molar-refractivity contribution >= 4 is 17.9 Å². The average molecular weight is 370 g/mol. The molecule has 0 unspecified atom stereocenters. The molecule has 1 aromatic carbocycles. The number of benzene rings is 1. The molecule has 0 aromatic heterocycles. The van der Waals surface area contributed by atoms with Crippen LogP contribution in [0.1, 0.15) is 61.3 Å². The van der Waals surface area contributed by atoms with Crippen molar-refractivity contribution in [2.45, 2.75) is 46.1 Å². The summed E-state index contributed by atoms with van der Waals surface area (Å²) in [6.07, 6.45) is 1.37. The zero-order valence-electron chi connectivity index (χ0n) is 16.4. The number of ether oxygens (including phenoxy) is 1. The van der Waals surface area contributed by atoms with Crippen LogP contribution in [0, 0.1) is 0 Å². The van der Waals surface area contributed by atoms with E-state index in [-0.39, 0.29) is 24.5 Å². The third-order valence-electron chi connectivity index (χ3n) is 4.82. The zero-order chi connectivity index (χ0) is 19.8. The van der Waals surface area contributed by atoms with E-state index in [9.17, 15) is 14.4 Å². The first-order valence-corrected chi connectivity index (χ1v) is 9.28. The fraction of sp³-hybridized carbons (Fsp3) is 0.476. The largest absolute Gasteiger partial charge is 0.444 e. The van der Waals surface area contributed by atoms with Gasteiger partial charge < -0.3 is 9.64 Å². The Kier molecular flexibility index (Phi) is 5.09. The van der Waals surface area contributed by atoms with Gasteiger partial charge in [0.15, 0.2) is 0 Å². The summed E-state index contributed by atoms with van der Waals surface area (Å²) >= 11 is 0. The van der Waals surface area contributed by atoms with Gasteiger partial charge in [-0.05, 0) is 58.2 Å². The Morgan fingerprint density at radius 1 is 1.11 bits per heavy atom. The maximum absolute atomic E-state index is 12.6. The van der Waals surface area contributed by atoms with Crippen LogP contribution in [0.4, 0.5) is 4.79 Å². The second-order valence-corrected chi connectivity index (χ2v) is 8.13. The molecule has 0 atom stereocenters. The van der Waals surface area contributed by atoms with Crippen molar-refractivity contribution in [1.82, 2.24) is 9.80 Å². The molecule has 2 aliphatic heterocycles. The highest BCUT2D eigenvalue weighted by atomic mass is 16.6. The van der Waals surface area contributed by atoms with Crippen molar-refractivity contribution < 1.29 is 19.1 Å². The van der Waals surface area contributed by atoms with Gasteiger partial charge in [0.05, 0.1) is 17.7 Å². The van der Waals surface area contributed by atoms with Crippen LogP contribution in [0.3, 0.4) is 0 Å². The predicted octanol–water partition coefficient (Wildman–Crippen LogP) is 3.63. The van der Waals surface area contributed by atoms with Gasteiger partial charge >= 0.3 is 6.09 Å². The van der Waals surface area contributed by atoms with E-state index in [2.05, 4.69) is 0 Å². The number of amides is 3. The van der Waals surface area contributed by atoms with E-state index in [4.69, 9.17) is 4.74 Å². The Labute approximate surface area is 159 Å². The molecule has 6 nitrogen and oxygen atoms in total. The number of hydrogen-bond donors (Lipinski definition) is 0. The summed E-state index contributed by atoms with van der Waals surface area (Å²) in [5.74, 6) is -0.509. The van der Waals surface area contributed by atoms with Crippen molar-refractivity contribution in [2.24, 2.45) is 0 Å². The normalized spacial score (nSPS) is 19.3. The summed E-state index contributed by atoms with van der Waals surface area (Å²) in [4.78, 5) is 40.4. The van der Waals surface area contributed by atoms with Gasteiger partial charge in [-0.3, -0.25) is 14.5 Å². The summed E-state index contributed by atoms with van der Waals surface area (Å²) in [5, 5.41) is 0. The lowest BCUT2D eigenvalue weighted by molar-refractivity contribution is 0.0245. The molecule has 0 aliphatic carbocycles. The predicted molar refractivity (Wildman–Crippen MR) is 102 cm³/mol. The highest BCUT2D eigenvalue weighted by molar-refractivity contribution is 6.21. The molecule has 144 valence electrons. The third-order valence-corrected chi connectivity index (χ3v) is 4.82. The lowest BCUT2D eigenvalue weighted by Crippen LogP contribution is -2.41. The molecule has 27 heavy (non-hydrogen) atoms. The van der Waals surface area contributed by atoms with E-state index in [1.54, 1.807) is 29.2 Å². The van der Waals surface area contributed by atoms with Gasteiger partial charge in [-0.25, -0.2) is 4.79 Å². The van der Waals surface area contributed by atoms with E-state index in [1.165, 1.54) is 4.90 Å². The number of carbonyl (C=O) groups is 3. The Balaban J connectivity index is 1.72. The molecule has 0 saturated carbocycles. The monoisotopic (exact) mass is 370 g/mol. The number of fused-ring (bicyclic) bond motifs is 1. The van der Waals surface area contributed by atoms with Crippen LogP contribution in [-0.4, -0.2) is 52.9 Å². The van der Waals surface area contributed by atoms with E-state index < -0.39 is 5.60 Å². The van der Waals surface area contributed by atoms with E-state index >= 15 is 0 Å². The van der Waals surface area contributed by atoms with Crippen molar-refractivity contribution in [2.75, 3.05) is 19.6 Å². The number of nitrogens with zero attached hydrogens (tertiary/aromatic N) is 2. The summed E-state index contributed by atoms with van der Waals surface area (Å²) in [6, 6.07) is 6.89. The van der Waals surface area contributed by atoms with E-state index in [0.717, 1.165) is 24.0 Å². The number of imide groups is 1. The molecule has 1 fully saturated rings. The quantitative estimate of drug-likeness (QED) is 0.589. The fourth-order valence-electron chi connectivity index (χ4n) is 3.43. The first-order valence-electron chi connectivity index (χ1n) is 9.28. The first-order chi connectivity index (χ1) is 12.7. The summed E-state index contributed by atoms with van der Waals surface area (Å²) in [7, 11) is 0. The van der Waals surface area contributed by atoms with Gasteiger partial charge in [-0.2, -0.15) is 0 Å². The number of piperidine rings is 1. The molecular formula is C21H26N2O4. The molecular weight excluding hydrogens is 344 g/mol. The third kappa shape index (κ3) is 4.04. The minimum atomic E-state index is -0.534. The SMILES string of the molecule is C/C(CN1C(=O)c2ccccc2C1=O)=C1\CCCN(C(=O)OC(C)(C)C)C1. The van der Waals surface area contributed by atoms with Gasteiger partial charge in [-0.1, -0.05) is 17.7 Å². The second-order valence-electron chi connectivity index (χ2n) is 8.13. The molecule has 1 saturated heterocycles. The highest BCUT2D eigenvalue weighted by Crippen LogP contribution is 2.26. The fourth-order valence-corrected chi connectivity index (χ4v) is 3.43. The molecule has 2 heterocycles. The molecule has 3 amide bonds. The Bertz CT molecular complexity index is 785. The van der Waals surface area contributed by atoms with Crippen LogP contribution < -0.4 is 0 Å². The minimum absolute atomic E-state index is 0.254. The van der Waals surface area contributed by atoms with Gasteiger partial charge in [0, 0.05) is 13.1 Å². The Morgan fingerprint density at radius 2 is 1.70 bits per heavy atom. The van der Waals surface area contributed by atoms with Gasteiger partial charge in [0.25, 0.3) is 11.8 Å². The highest BCUT2D eigenvalue weighted by Gasteiger charge is 2.35. The number of carbonyl (C=O) groups excluding carboxylic acids is 3. The summed E-state index contributed by atoms with van der Waals surface area (Å²) < 4.78 is 5.46. The Morgan fingerprint density at radius 3 is 2.26 bits per heavy atom. The maximum Gasteiger partial charge on any atom is 0.410 e. The zero-order valence-corrected chi connectivity index (χ0v) is 16.4. The van der Waals surface area contributed by atoms with Crippen molar-refractivity contribution in [3.8, 4) is 0 Å². The number of likely N-dealkylation sites (tertiary alicyclic amines) is 1. The van der Waals surface area contributed by atoms with E-state index in [0.29, 0.717) is 24.2 Å². The van der Waals surface area contributed by atoms with Crippen molar-refractivity contribution in [3.05, 3.63) is 46.5 Å². The molecule has 0 bridgehead atoms. The van der Waals surface area contributed by atoms with Crippen LogP contribution in [0.15, 0.2) is 35.4 Å². The molecule has 2 aliphatic rings. The molecule has 1 aromatic rings. The van der Waals surface area contributed by atoms with Crippen LogP contribution in [0.2, 0.25) is 0 Å². The molecule has 0 radical (unpaired) electrons. The average Bonchev–Trinajstić information content (AvgIpc) is 2.86. The van der Waals surface area contributed by atoms with Gasteiger partial charge in [-0.15, -0.1) is 0 Å². The van der Waals surface area contributed by atoms with Crippen LogP contribution >= 0.6 is 0 Å². The number of rotatable bonds is 2. The number of hydrogen-bond acceptors (Lipinski definition) is 4. The molecule has 0 spiro atoms. The summed E-state index contributed by atoms with van der Waals surface area (Å²) in [6.45, 7) is 8.85. The maximum atomic E-state index is 12.6. The topological polar surface area (TPSA) is 66.9 Å². The minimum Gasteiger partial charge on any atom is -0.444 e. The van der Waals surface area contributed by atoms with E-state index in [1.807, 2.05) is 27.7 Å². The standard InChI is InChI=1S/C21H26N2O4/c1-14(12-23-18(24)16-9-5-6-10-17(16)19(23)25)15-8-7-11-22(13-15)20(26)27-21(2,3)4/h5-6,9-10H,7-8,11-13H2,1-4H3/b15-14-. The molecule has 0 N–H and O–H groups in total. The molecule has 3 rings (SSSR count). The lowest BCUT2D eigenvalue weighted by Gasteiger charge is -2.32. The van der Waals surface area contributed by atoms with Crippen LogP contribution in [0.25, 0.3) is 0 Å². The van der Waals surface area contributed by atoms with Gasteiger partial charge in [0.2, 0.25) is 0 Å². The van der Waals surface area contributed by atoms with Crippen molar-refractivity contribution in [3.63, 3.8) is 0 Å². The molecule has 6 heteroatoms. The van der Waals surface area contributed by atoms with Crippen LogP contribution in [0.5, 0.6) is 0 Å². The van der Waals surface area contributed by atoms with Gasteiger partial charge in [0.1, 0.15) is 5.60 Å². The first kappa shape index (κ1) is 19.1. The lowest BCUT2D eigenvalue weighted by atomic mass is 9.99. The second kappa shape index (κ2) is 7.18. The smallest absolute Gasteiger partial charge is 0.410 e. The Hall–Kier alpha value is -2.63. The van der Waals surface area contributed by atoms with Crippen LogP contribution in [-0.2, 0) is 4.74 Å². The summed E-state index contributed by atoms with van der Waals surface area (Å²) in [5.41, 5.74) is 2.42.